The average molecular weight is 428 g/mol. The third-order valence-electron chi connectivity index (χ3n) is 5.57. The third kappa shape index (κ3) is 4.29. The van der Waals surface area contributed by atoms with Crippen molar-refractivity contribution in [1.82, 2.24) is 24.6 Å². The second-order valence-electron chi connectivity index (χ2n) is 9.48. The normalized spacial score (nSPS) is 15.8. The highest BCUT2D eigenvalue weighted by molar-refractivity contribution is 5.84. The van der Waals surface area contributed by atoms with Crippen molar-refractivity contribution in [2.24, 2.45) is 0 Å². The van der Waals surface area contributed by atoms with Gasteiger partial charge in [-0.3, -0.25) is 0 Å². The molecule has 1 N–H and O–H groups in total. The molecule has 1 aromatic carbocycles. The summed E-state index contributed by atoms with van der Waals surface area (Å²) in [5.41, 5.74) is 0.818. The molecule has 0 unspecified atom stereocenters. The fourth-order valence-corrected chi connectivity index (χ4v) is 4.05. The molecule has 2 aromatic heterocycles. The van der Waals surface area contributed by atoms with E-state index < -0.39 is 5.60 Å². The van der Waals surface area contributed by atoms with Gasteiger partial charge in [0.15, 0.2) is 5.82 Å². The summed E-state index contributed by atoms with van der Waals surface area (Å²) in [6.07, 6.45) is 3.01. The van der Waals surface area contributed by atoms with Gasteiger partial charge in [0.05, 0.1) is 11.9 Å². The Balaban J connectivity index is 1.53. The number of H-pyrrole nitrogens is 1. The van der Waals surface area contributed by atoms with Crippen molar-refractivity contribution in [2.45, 2.75) is 64.9 Å². The van der Waals surface area contributed by atoms with Crippen molar-refractivity contribution in [3.63, 3.8) is 0 Å². The lowest BCUT2D eigenvalue weighted by Gasteiger charge is -2.32. The Kier molecular flexibility index (Phi) is 5.49. The molecule has 1 fully saturated rings. The van der Waals surface area contributed by atoms with Gasteiger partial charge in [0.2, 0.25) is 0 Å². The Bertz CT molecular complexity index is 1090. The van der Waals surface area contributed by atoms with E-state index >= 15 is 0 Å². The first-order valence-corrected chi connectivity index (χ1v) is 10.8. The monoisotopic (exact) mass is 427 g/mol. The van der Waals surface area contributed by atoms with Gasteiger partial charge in [0.1, 0.15) is 22.8 Å². The third-order valence-corrected chi connectivity index (χ3v) is 5.57. The summed E-state index contributed by atoms with van der Waals surface area (Å²) in [7, 11) is 0. The number of aromatic nitrogens is 4. The van der Waals surface area contributed by atoms with Gasteiger partial charge in [-0.15, -0.1) is 0 Å². The Morgan fingerprint density at radius 1 is 1.26 bits per heavy atom. The highest BCUT2D eigenvalue weighted by Gasteiger charge is 2.29. The van der Waals surface area contributed by atoms with Crippen molar-refractivity contribution >= 4 is 17.0 Å². The molecule has 0 bridgehead atoms. The zero-order valence-corrected chi connectivity index (χ0v) is 18.8. The van der Waals surface area contributed by atoms with E-state index in [1.807, 2.05) is 40.7 Å². The van der Waals surface area contributed by atoms with Crippen molar-refractivity contribution in [3.05, 3.63) is 41.7 Å². The highest BCUT2D eigenvalue weighted by Crippen LogP contribution is 2.31. The van der Waals surface area contributed by atoms with Crippen LogP contribution in [0.1, 0.15) is 70.8 Å². The van der Waals surface area contributed by atoms with Crippen molar-refractivity contribution < 1.29 is 13.9 Å². The number of ether oxygens (including phenoxy) is 1. The van der Waals surface area contributed by atoms with Gasteiger partial charge < -0.3 is 14.6 Å². The Labute approximate surface area is 181 Å². The molecule has 1 amide bonds. The van der Waals surface area contributed by atoms with Gasteiger partial charge in [-0.1, -0.05) is 26.0 Å². The number of aromatic amines is 1. The first-order valence-electron chi connectivity index (χ1n) is 10.8. The number of piperidine rings is 1. The fraction of sp³-hybridized carbons (Fsp3) is 0.522. The average Bonchev–Trinajstić information content (AvgIpc) is 3.32. The summed E-state index contributed by atoms with van der Waals surface area (Å²) in [5, 5.41) is 5.50. The molecular weight excluding hydrogens is 397 g/mol. The predicted molar refractivity (Wildman–Crippen MR) is 117 cm³/mol. The number of para-hydroxylation sites is 1. The topological polar surface area (TPSA) is 76.0 Å². The van der Waals surface area contributed by atoms with Crippen LogP contribution in [0.25, 0.3) is 16.7 Å². The van der Waals surface area contributed by atoms with Gasteiger partial charge >= 0.3 is 6.09 Å². The number of carbonyl (C=O) groups excluding carboxylic acids is 1. The van der Waals surface area contributed by atoms with Crippen LogP contribution in [-0.4, -0.2) is 49.4 Å². The van der Waals surface area contributed by atoms with Crippen LogP contribution in [0.15, 0.2) is 24.4 Å². The van der Waals surface area contributed by atoms with E-state index in [4.69, 9.17) is 4.74 Å². The number of carbonyl (C=O) groups is 1. The number of hydrogen-bond donors (Lipinski definition) is 1. The minimum Gasteiger partial charge on any atom is -0.444 e. The van der Waals surface area contributed by atoms with Crippen LogP contribution in [0.2, 0.25) is 0 Å². The van der Waals surface area contributed by atoms with Crippen LogP contribution in [0.4, 0.5) is 9.18 Å². The molecule has 0 saturated carbocycles. The molecule has 1 aliphatic heterocycles. The van der Waals surface area contributed by atoms with Gasteiger partial charge in [-0.25, -0.2) is 18.9 Å². The first kappa shape index (κ1) is 21.3. The van der Waals surface area contributed by atoms with Crippen molar-refractivity contribution in [2.75, 3.05) is 13.1 Å². The molecule has 7 nitrogen and oxygen atoms in total. The Morgan fingerprint density at radius 2 is 1.97 bits per heavy atom. The molecule has 166 valence electrons. The maximum atomic E-state index is 14.7. The van der Waals surface area contributed by atoms with E-state index in [9.17, 15) is 9.18 Å². The van der Waals surface area contributed by atoms with Gasteiger partial charge in [-0.05, 0) is 45.6 Å². The Hall–Kier alpha value is -2.90. The van der Waals surface area contributed by atoms with E-state index in [1.165, 1.54) is 6.07 Å². The molecule has 0 atom stereocenters. The second kappa shape index (κ2) is 7.98. The lowest BCUT2D eigenvalue weighted by atomic mass is 9.96. The molecule has 0 radical (unpaired) electrons. The SMILES string of the molecule is CC(C)c1nn(-c2cnc(C3CCN(C(=O)OC(C)(C)C)CC3)[nH]2)c2c(F)cccc12. The van der Waals surface area contributed by atoms with Crippen LogP contribution < -0.4 is 0 Å². The second-order valence-corrected chi connectivity index (χ2v) is 9.48. The molecule has 3 heterocycles. The molecule has 4 rings (SSSR count). The van der Waals surface area contributed by atoms with Crippen LogP contribution in [0.3, 0.4) is 0 Å². The number of benzene rings is 1. The molecule has 1 aliphatic rings. The van der Waals surface area contributed by atoms with E-state index in [0.717, 1.165) is 29.7 Å². The minimum atomic E-state index is -0.500. The fourth-order valence-electron chi connectivity index (χ4n) is 4.05. The predicted octanol–water partition coefficient (Wildman–Crippen LogP) is 5.13. The number of amides is 1. The largest absolute Gasteiger partial charge is 0.444 e. The summed E-state index contributed by atoms with van der Waals surface area (Å²) >= 11 is 0. The molecule has 1 saturated heterocycles. The Morgan fingerprint density at radius 3 is 2.61 bits per heavy atom. The maximum Gasteiger partial charge on any atom is 0.410 e. The maximum absolute atomic E-state index is 14.7. The molecule has 0 spiro atoms. The zero-order valence-electron chi connectivity index (χ0n) is 18.8. The number of halogens is 1. The number of hydrogen-bond acceptors (Lipinski definition) is 4. The van der Waals surface area contributed by atoms with Crippen molar-refractivity contribution in [3.8, 4) is 5.82 Å². The summed E-state index contributed by atoms with van der Waals surface area (Å²) in [4.78, 5) is 21.9. The van der Waals surface area contributed by atoms with Gasteiger partial charge in [0, 0.05) is 24.4 Å². The minimum absolute atomic E-state index is 0.171. The molecule has 8 heteroatoms. The zero-order chi connectivity index (χ0) is 22.3. The van der Waals surface area contributed by atoms with Gasteiger partial charge in [0.25, 0.3) is 0 Å². The van der Waals surface area contributed by atoms with Crippen LogP contribution >= 0.6 is 0 Å². The summed E-state index contributed by atoms with van der Waals surface area (Å²) < 4.78 is 21.7. The molecule has 0 aliphatic carbocycles. The van der Waals surface area contributed by atoms with E-state index in [1.54, 1.807) is 21.8 Å². The van der Waals surface area contributed by atoms with Gasteiger partial charge in [-0.2, -0.15) is 5.10 Å². The number of likely N-dealkylation sites (tertiary alicyclic amines) is 1. The molecular formula is C23H30FN5O2. The summed E-state index contributed by atoms with van der Waals surface area (Å²) in [6.45, 7) is 10.9. The highest BCUT2D eigenvalue weighted by atomic mass is 19.1. The smallest absolute Gasteiger partial charge is 0.410 e. The van der Waals surface area contributed by atoms with E-state index in [-0.39, 0.29) is 23.7 Å². The number of fused-ring (bicyclic) bond motifs is 1. The molecule has 31 heavy (non-hydrogen) atoms. The number of rotatable bonds is 3. The van der Waals surface area contributed by atoms with Crippen LogP contribution in [0, 0.1) is 5.82 Å². The van der Waals surface area contributed by atoms with Crippen molar-refractivity contribution in [1.29, 1.82) is 0 Å². The first-order chi connectivity index (χ1) is 14.6. The number of nitrogens with one attached hydrogen (secondary N) is 1. The number of nitrogens with zero attached hydrogens (tertiary/aromatic N) is 4. The standard InChI is InChI=1S/C23H30FN5O2/c1-14(2)19-16-7-6-8-17(24)20(16)29(27-19)18-13-25-21(26-18)15-9-11-28(12-10-15)22(30)31-23(3,4)5/h6-8,13-15H,9-12H2,1-5H3,(H,25,26). The summed E-state index contributed by atoms with van der Waals surface area (Å²) in [6, 6.07) is 5.07. The quantitative estimate of drug-likeness (QED) is 0.629. The van der Waals surface area contributed by atoms with E-state index in [0.29, 0.717) is 24.4 Å². The van der Waals surface area contributed by atoms with Crippen LogP contribution in [-0.2, 0) is 4.74 Å². The van der Waals surface area contributed by atoms with Crippen LogP contribution in [0.5, 0.6) is 0 Å². The summed E-state index contributed by atoms with van der Waals surface area (Å²) in [5.74, 6) is 1.55. The lowest BCUT2D eigenvalue weighted by molar-refractivity contribution is 0.0203. The number of imidazole rings is 1. The molecule has 3 aromatic rings. The lowest BCUT2D eigenvalue weighted by Crippen LogP contribution is -2.41. The van der Waals surface area contributed by atoms with E-state index in [2.05, 4.69) is 15.1 Å².